The zero-order valence-corrected chi connectivity index (χ0v) is 15.9. The van der Waals surface area contributed by atoms with Crippen molar-refractivity contribution in [2.45, 2.75) is 0 Å². The highest BCUT2D eigenvalue weighted by Crippen LogP contribution is 2.33. The van der Waals surface area contributed by atoms with Crippen molar-refractivity contribution in [3.8, 4) is 22.8 Å². The predicted molar refractivity (Wildman–Crippen MR) is 105 cm³/mol. The van der Waals surface area contributed by atoms with Gasteiger partial charge in [0.15, 0.2) is 11.6 Å². The molecule has 0 unspecified atom stereocenters. The van der Waals surface area contributed by atoms with E-state index in [1.807, 2.05) is 0 Å². The number of nitrogens with two attached hydrogens (primary N) is 1. The van der Waals surface area contributed by atoms with Gasteiger partial charge in [-0.25, -0.2) is 9.37 Å². The number of anilines is 3. The van der Waals surface area contributed by atoms with Crippen LogP contribution in [0.2, 0.25) is 10.0 Å². The van der Waals surface area contributed by atoms with Crippen molar-refractivity contribution in [3.05, 3.63) is 52.3 Å². The highest BCUT2D eigenvalue weighted by molar-refractivity contribution is 6.32. The first-order valence-electron chi connectivity index (χ1n) is 7.70. The van der Waals surface area contributed by atoms with E-state index in [1.54, 1.807) is 36.4 Å². The first-order chi connectivity index (χ1) is 12.9. The fourth-order valence-electron chi connectivity index (χ4n) is 2.40. The number of aromatic nitrogens is 2. The number of ether oxygens (including phenoxy) is 2. The highest BCUT2D eigenvalue weighted by atomic mass is 35.5. The van der Waals surface area contributed by atoms with Crippen LogP contribution in [0, 0.1) is 5.82 Å². The summed E-state index contributed by atoms with van der Waals surface area (Å²) in [6.07, 6.45) is 0. The summed E-state index contributed by atoms with van der Waals surface area (Å²) in [4.78, 5) is 8.15. The molecule has 0 aliphatic rings. The first kappa shape index (κ1) is 19.0. The number of rotatable bonds is 5. The average molecular weight is 409 g/mol. The molecule has 1 aromatic heterocycles. The smallest absolute Gasteiger partial charge is 0.229 e. The third-order valence-corrected chi connectivity index (χ3v) is 4.30. The van der Waals surface area contributed by atoms with Gasteiger partial charge in [-0.05, 0) is 36.4 Å². The molecule has 0 aliphatic carbocycles. The van der Waals surface area contributed by atoms with E-state index in [4.69, 9.17) is 38.4 Å². The maximum Gasteiger partial charge on any atom is 0.229 e. The van der Waals surface area contributed by atoms with Crippen LogP contribution in [-0.2, 0) is 0 Å². The van der Waals surface area contributed by atoms with Crippen LogP contribution in [0.4, 0.5) is 21.8 Å². The van der Waals surface area contributed by atoms with Gasteiger partial charge in [0.25, 0.3) is 0 Å². The Morgan fingerprint density at radius 2 is 1.59 bits per heavy atom. The van der Waals surface area contributed by atoms with Crippen molar-refractivity contribution in [2.75, 3.05) is 25.3 Å². The molecule has 0 aliphatic heterocycles. The standard InChI is InChI=1S/C18H15Cl2FN4O2/c1-26-13-5-3-9(7-11(13)19)16-15(21)17(22)25-18(24-16)23-10-4-6-14(27-2)12(20)8-10/h3-8H,1-2H3,(H3,22,23,24,25). The van der Waals surface area contributed by atoms with Crippen LogP contribution in [0.3, 0.4) is 0 Å². The number of halogens is 3. The molecule has 9 heteroatoms. The molecule has 2 aromatic carbocycles. The maximum atomic E-state index is 14.5. The molecule has 0 spiro atoms. The maximum absolute atomic E-state index is 14.5. The Kier molecular flexibility index (Phi) is 5.53. The Morgan fingerprint density at radius 1 is 0.963 bits per heavy atom. The quantitative estimate of drug-likeness (QED) is 0.622. The van der Waals surface area contributed by atoms with E-state index < -0.39 is 5.82 Å². The fourth-order valence-corrected chi connectivity index (χ4v) is 2.91. The van der Waals surface area contributed by atoms with Gasteiger partial charge in [0, 0.05) is 11.3 Å². The van der Waals surface area contributed by atoms with Crippen molar-refractivity contribution >= 4 is 40.7 Å². The van der Waals surface area contributed by atoms with E-state index in [0.717, 1.165) is 0 Å². The normalized spacial score (nSPS) is 10.6. The molecule has 1 heterocycles. The van der Waals surface area contributed by atoms with Gasteiger partial charge in [0.05, 0.1) is 24.3 Å². The number of hydrogen-bond donors (Lipinski definition) is 2. The van der Waals surface area contributed by atoms with Gasteiger partial charge in [0.1, 0.15) is 17.2 Å². The molecule has 0 fully saturated rings. The van der Waals surface area contributed by atoms with E-state index in [0.29, 0.717) is 32.8 Å². The minimum Gasteiger partial charge on any atom is -0.495 e. The molecule has 0 radical (unpaired) electrons. The number of hydrogen-bond acceptors (Lipinski definition) is 6. The van der Waals surface area contributed by atoms with E-state index in [9.17, 15) is 4.39 Å². The summed E-state index contributed by atoms with van der Waals surface area (Å²) in [5.41, 5.74) is 6.74. The van der Waals surface area contributed by atoms with Crippen molar-refractivity contribution < 1.29 is 13.9 Å². The monoisotopic (exact) mass is 408 g/mol. The van der Waals surface area contributed by atoms with Crippen LogP contribution in [0.1, 0.15) is 0 Å². The second-order valence-corrected chi connectivity index (χ2v) is 6.23. The Morgan fingerprint density at radius 3 is 2.19 bits per heavy atom. The molecule has 0 atom stereocenters. The average Bonchev–Trinajstić information content (AvgIpc) is 2.64. The summed E-state index contributed by atoms with van der Waals surface area (Å²) in [6.45, 7) is 0. The minimum absolute atomic E-state index is 0.00848. The van der Waals surface area contributed by atoms with Crippen LogP contribution < -0.4 is 20.5 Å². The third-order valence-electron chi connectivity index (χ3n) is 3.71. The van der Waals surface area contributed by atoms with Crippen LogP contribution in [0.25, 0.3) is 11.3 Å². The lowest BCUT2D eigenvalue weighted by Crippen LogP contribution is -2.06. The van der Waals surface area contributed by atoms with Crippen molar-refractivity contribution in [3.63, 3.8) is 0 Å². The Bertz CT molecular complexity index is 1000. The molecule has 3 N–H and O–H groups in total. The van der Waals surface area contributed by atoms with Crippen LogP contribution >= 0.6 is 23.2 Å². The van der Waals surface area contributed by atoms with E-state index >= 15 is 0 Å². The van der Waals surface area contributed by atoms with E-state index in [2.05, 4.69) is 15.3 Å². The number of nitrogens with zero attached hydrogens (tertiary/aromatic N) is 2. The first-order valence-corrected chi connectivity index (χ1v) is 8.46. The SMILES string of the molecule is COc1ccc(Nc2nc(N)c(F)c(-c3ccc(OC)c(Cl)c3)n2)cc1Cl. The molecular formula is C18H15Cl2FN4O2. The van der Waals surface area contributed by atoms with Gasteiger partial charge in [0.2, 0.25) is 5.95 Å². The fraction of sp³-hybridized carbons (Fsp3) is 0.111. The molecular weight excluding hydrogens is 394 g/mol. The lowest BCUT2D eigenvalue weighted by molar-refractivity contribution is 0.415. The summed E-state index contributed by atoms with van der Waals surface area (Å²) in [6, 6.07) is 9.82. The number of nitrogen functional groups attached to an aromatic ring is 1. The third kappa shape index (κ3) is 3.99. The van der Waals surface area contributed by atoms with E-state index in [1.165, 1.54) is 14.2 Å². The topological polar surface area (TPSA) is 82.3 Å². The van der Waals surface area contributed by atoms with Crippen LogP contribution in [0.15, 0.2) is 36.4 Å². The van der Waals surface area contributed by atoms with Gasteiger partial charge >= 0.3 is 0 Å². The number of methoxy groups -OCH3 is 2. The summed E-state index contributed by atoms with van der Waals surface area (Å²) in [5.74, 6) is 0.0602. The summed E-state index contributed by atoms with van der Waals surface area (Å²) in [5, 5.41) is 3.67. The number of nitrogens with one attached hydrogen (secondary N) is 1. The highest BCUT2D eigenvalue weighted by Gasteiger charge is 2.16. The Labute approximate surface area is 165 Å². The van der Waals surface area contributed by atoms with Crippen LogP contribution in [0.5, 0.6) is 11.5 Å². The predicted octanol–water partition coefficient (Wildman–Crippen LogP) is 4.93. The molecule has 0 bridgehead atoms. The molecule has 3 aromatic rings. The van der Waals surface area contributed by atoms with Gasteiger partial charge < -0.3 is 20.5 Å². The van der Waals surface area contributed by atoms with Crippen molar-refractivity contribution in [1.82, 2.24) is 9.97 Å². The lowest BCUT2D eigenvalue weighted by Gasteiger charge is -2.11. The molecule has 0 saturated heterocycles. The van der Waals surface area contributed by atoms with E-state index in [-0.39, 0.29) is 17.5 Å². The molecule has 0 amide bonds. The second-order valence-electron chi connectivity index (χ2n) is 5.42. The summed E-state index contributed by atoms with van der Waals surface area (Å²) >= 11 is 12.2. The van der Waals surface area contributed by atoms with Crippen LogP contribution in [-0.4, -0.2) is 24.2 Å². The summed E-state index contributed by atoms with van der Waals surface area (Å²) < 4.78 is 24.7. The van der Waals surface area contributed by atoms with Gasteiger partial charge in [-0.2, -0.15) is 4.98 Å². The molecule has 3 rings (SSSR count). The zero-order chi connectivity index (χ0) is 19.6. The lowest BCUT2D eigenvalue weighted by atomic mass is 10.1. The zero-order valence-electron chi connectivity index (χ0n) is 14.4. The largest absolute Gasteiger partial charge is 0.495 e. The minimum atomic E-state index is -0.741. The van der Waals surface area contributed by atoms with Crippen molar-refractivity contribution in [1.29, 1.82) is 0 Å². The van der Waals surface area contributed by atoms with Gasteiger partial charge in [-0.3, -0.25) is 0 Å². The molecule has 6 nitrogen and oxygen atoms in total. The molecule has 0 saturated carbocycles. The van der Waals surface area contributed by atoms with Gasteiger partial charge in [-0.1, -0.05) is 23.2 Å². The molecule has 27 heavy (non-hydrogen) atoms. The molecule has 140 valence electrons. The number of benzene rings is 2. The Balaban J connectivity index is 1.99. The van der Waals surface area contributed by atoms with Crippen molar-refractivity contribution in [2.24, 2.45) is 0 Å². The van der Waals surface area contributed by atoms with Gasteiger partial charge in [-0.15, -0.1) is 0 Å². The summed E-state index contributed by atoms with van der Waals surface area (Å²) in [7, 11) is 3.01. The second kappa shape index (κ2) is 7.85. The Hall–Kier alpha value is -2.77.